The number of hydrogen-bond donors (Lipinski definition) is 1. The van der Waals surface area contributed by atoms with E-state index in [4.69, 9.17) is 4.74 Å². The van der Waals surface area contributed by atoms with Crippen LogP contribution in [0.4, 0.5) is 0 Å². The lowest BCUT2D eigenvalue weighted by Gasteiger charge is -2.10. The minimum Gasteiger partial charge on any atom is -0.379 e. The first kappa shape index (κ1) is 14.1. The van der Waals surface area contributed by atoms with E-state index in [2.05, 4.69) is 15.2 Å². The molecule has 0 saturated carbocycles. The zero-order valence-electron chi connectivity index (χ0n) is 11.1. The van der Waals surface area contributed by atoms with E-state index in [0.717, 1.165) is 44.2 Å². The highest BCUT2D eigenvalue weighted by atomic mass is 16.5. The molecular weight excluding hydrogens is 214 g/mol. The molecule has 0 atom stereocenters. The Morgan fingerprint density at radius 3 is 2.82 bits per heavy atom. The van der Waals surface area contributed by atoms with Gasteiger partial charge in [0.2, 0.25) is 0 Å². The summed E-state index contributed by atoms with van der Waals surface area (Å²) < 4.78 is 5.48. The molecule has 17 heavy (non-hydrogen) atoms. The molecular formula is C13H23N3O. The van der Waals surface area contributed by atoms with Gasteiger partial charge >= 0.3 is 0 Å². The van der Waals surface area contributed by atoms with E-state index in [0.29, 0.717) is 0 Å². The molecule has 0 bridgehead atoms. The molecule has 1 heterocycles. The topological polar surface area (TPSA) is 37.4 Å². The van der Waals surface area contributed by atoms with Gasteiger partial charge in [0.15, 0.2) is 0 Å². The van der Waals surface area contributed by atoms with Crippen LogP contribution in [0.15, 0.2) is 18.2 Å². The highest BCUT2D eigenvalue weighted by molar-refractivity contribution is 5.09. The van der Waals surface area contributed by atoms with Crippen molar-refractivity contribution in [3.05, 3.63) is 29.6 Å². The minimum absolute atomic E-state index is 0.750. The van der Waals surface area contributed by atoms with Crippen LogP contribution in [0.1, 0.15) is 11.4 Å². The summed E-state index contributed by atoms with van der Waals surface area (Å²) in [6, 6.07) is 6.08. The zero-order chi connectivity index (χ0) is 12.5. The van der Waals surface area contributed by atoms with Gasteiger partial charge in [-0.05, 0) is 33.2 Å². The summed E-state index contributed by atoms with van der Waals surface area (Å²) in [6.07, 6.45) is 0. The first-order valence-corrected chi connectivity index (χ1v) is 6.04. The fourth-order valence-corrected chi connectivity index (χ4v) is 1.41. The van der Waals surface area contributed by atoms with Crippen LogP contribution in [0.25, 0.3) is 0 Å². The highest BCUT2D eigenvalue weighted by Gasteiger charge is 1.95. The number of likely N-dealkylation sites (N-methyl/N-ethyl adjacent to an activating group) is 1. The summed E-state index contributed by atoms with van der Waals surface area (Å²) in [6.45, 7) is 6.19. The van der Waals surface area contributed by atoms with Crippen molar-refractivity contribution >= 4 is 0 Å². The summed E-state index contributed by atoms with van der Waals surface area (Å²) in [4.78, 5) is 6.54. The SMILES string of the molecule is Cc1cccc(CNCCOCCN(C)C)n1. The molecule has 1 N–H and O–H groups in total. The molecule has 0 fully saturated rings. The molecule has 0 aliphatic carbocycles. The number of nitrogens with zero attached hydrogens (tertiary/aromatic N) is 2. The molecule has 1 aromatic rings. The van der Waals surface area contributed by atoms with Gasteiger partial charge in [-0.15, -0.1) is 0 Å². The van der Waals surface area contributed by atoms with Gasteiger partial charge in [-0.1, -0.05) is 6.07 Å². The Hall–Kier alpha value is -0.970. The van der Waals surface area contributed by atoms with Crippen molar-refractivity contribution in [3.8, 4) is 0 Å². The molecule has 1 aromatic heterocycles. The largest absolute Gasteiger partial charge is 0.379 e. The quantitative estimate of drug-likeness (QED) is 0.686. The fraction of sp³-hybridized carbons (Fsp3) is 0.615. The number of nitrogens with one attached hydrogen (secondary N) is 1. The molecule has 4 nitrogen and oxygen atoms in total. The Labute approximate surface area is 104 Å². The first-order valence-electron chi connectivity index (χ1n) is 6.04. The Morgan fingerprint density at radius 1 is 1.29 bits per heavy atom. The maximum absolute atomic E-state index is 5.48. The van der Waals surface area contributed by atoms with Crippen LogP contribution < -0.4 is 5.32 Å². The molecule has 0 spiro atoms. The predicted molar refractivity (Wildman–Crippen MR) is 70.1 cm³/mol. The molecule has 1 rings (SSSR count). The lowest BCUT2D eigenvalue weighted by Crippen LogP contribution is -2.23. The molecule has 0 aliphatic rings. The number of pyridine rings is 1. The molecule has 0 saturated heterocycles. The van der Waals surface area contributed by atoms with Crippen molar-refractivity contribution in [3.63, 3.8) is 0 Å². The zero-order valence-corrected chi connectivity index (χ0v) is 11.1. The van der Waals surface area contributed by atoms with E-state index < -0.39 is 0 Å². The lowest BCUT2D eigenvalue weighted by molar-refractivity contribution is 0.119. The second kappa shape index (κ2) is 8.17. The number of aryl methyl sites for hydroxylation is 1. The summed E-state index contributed by atoms with van der Waals surface area (Å²) in [5, 5.41) is 3.32. The molecule has 0 radical (unpaired) electrons. The van der Waals surface area contributed by atoms with Crippen LogP contribution in [0.2, 0.25) is 0 Å². The predicted octanol–water partition coefficient (Wildman–Crippen LogP) is 1.06. The van der Waals surface area contributed by atoms with E-state index in [1.54, 1.807) is 0 Å². The number of hydrogen-bond acceptors (Lipinski definition) is 4. The average molecular weight is 237 g/mol. The van der Waals surface area contributed by atoms with Gasteiger partial charge in [-0.3, -0.25) is 4.98 Å². The Kier molecular flexibility index (Phi) is 6.77. The summed E-state index contributed by atoms with van der Waals surface area (Å²) in [7, 11) is 4.09. The van der Waals surface area contributed by atoms with Crippen LogP contribution in [0.3, 0.4) is 0 Å². The van der Waals surface area contributed by atoms with E-state index in [1.807, 2.05) is 39.2 Å². The number of ether oxygens (including phenoxy) is 1. The van der Waals surface area contributed by atoms with Crippen LogP contribution in [-0.4, -0.2) is 50.3 Å². The molecule has 4 heteroatoms. The van der Waals surface area contributed by atoms with Crippen molar-refractivity contribution < 1.29 is 4.74 Å². The first-order chi connectivity index (χ1) is 8.18. The third-order valence-corrected chi connectivity index (χ3v) is 2.36. The van der Waals surface area contributed by atoms with E-state index >= 15 is 0 Å². The molecule has 0 aliphatic heterocycles. The van der Waals surface area contributed by atoms with Crippen LogP contribution in [0.5, 0.6) is 0 Å². The average Bonchev–Trinajstić information content (AvgIpc) is 2.27. The minimum atomic E-state index is 0.750. The molecule has 96 valence electrons. The molecule has 0 aromatic carbocycles. The fourth-order valence-electron chi connectivity index (χ4n) is 1.41. The smallest absolute Gasteiger partial charge is 0.0593 e. The summed E-state index contributed by atoms with van der Waals surface area (Å²) >= 11 is 0. The maximum atomic E-state index is 5.48. The van der Waals surface area contributed by atoms with Crippen molar-refractivity contribution in [1.82, 2.24) is 15.2 Å². The monoisotopic (exact) mass is 237 g/mol. The Balaban J connectivity index is 2.01. The van der Waals surface area contributed by atoms with Crippen molar-refractivity contribution in [1.29, 1.82) is 0 Å². The summed E-state index contributed by atoms with van der Waals surface area (Å²) in [5.74, 6) is 0. The van der Waals surface area contributed by atoms with Gasteiger partial charge in [0.1, 0.15) is 0 Å². The normalized spacial score (nSPS) is 11.1. The molecule has 0 unspecified atom stereocenters. The van der Waals surface area contributed by atoms with E-state index in [1.165, 1.54) is 0 Å². The highest BCUT2D eigenvalue weighted by Crippen LogP contribution is 1.96. The van der Waals surface area contributed by atoms with Crippen LogP contribution in [0, 0.1) is 6.92 Å². The van der Waals surface area contributed by atoms with Crippen molar-refractivity contribution in [2.75, 3.05) is 40.4 Å². The maximum Gasteiger partial charge on any atom is 0.0593 e. The van der Waals surface area contributed by atoms with Crippen molar-refractivity contribution in [2.45, 2.75) is 13.5 Å². The van der Waals surface area contributed by atoms with Gasteiger partial charge in [-0.25, -0.2) is 0 Å². The van der Waals surface area contributed by atoms with E-state index in [9.17, 15) is 0 Å². The Bertz CT molecular complexity index is 315. The van der Waals surface area contributed by atoms with Crippen LogP contribution in [-0.2, 0) is 11.3 Å². The second-order valence-corrected chi connectivity index (χ2v) is 4.36. The van der Waals surface area contributed by atoms with Crippen molar-refractivity contribution in [2.24, 2.45) is 0 Å². The van der Waals surface area contributed by atoms with Crippen LogP contribution >= 0.6 is 0 Å². The third kappa shape index (κ3) is 7.05. The number of aromatic nitrogens is 1. The third-order valence-electron chi connectivity index (χ3n) is 2.36. The Morgan fingerprint density at radius 2 is 2.12 bits per heavy atom. The number of rotatable bonds is 8. The summed E-state index contributed by atoms with van der Waals surface area (Å²) in [5.41, 5.74) is 2.14. The molecule has 0 amide bonds. The van der Waals surface area contributed by atoms with Gasteiger partial charge in [0.25, 0.3) is 0 Å². The second-order valence-electron chi connectivity index (χ2n) is 4.36. The standard InChI is InChI=1S/C13H23N3O/c1-12-5-4-6-13(15-12)11-14-7-9-17-10-8-16(2)3/h4-6,14H,7-11H2,1-3H3. The van der Waals surface area contributed by atoms with E-state index in [-0.39, 0.29) is 0 Å². The van der Waals surface area contributed by atoms with Gasteiger partial charge < -0.3 is 15.0 Å². The lowest BCUT2D eigenvalue weighted by atomic mass is 10.3. The van der Waals surface area contributed by atoms with Gasteiger partial charge in [-0.2, -0.15) is 0 Å². The van der Waals surface area contributed by atoms with Gasteiger partial charge in [0, 0.05) is 25.3 Å². The van der Waals surface area contributed by atoms with Gasteiger partial charge in [0.05, 0.1) is 18.9 Å².